The van der Waals surface area contributed by atoms with Crippen molar-refractivity contribution < 1.29 is 0 Å². The minimum Gasteiger partial charge on any atom is -0.344 e. The van der Waals surface area contributed by atoms with E-state index in [1.165, 1.54) is 0 Å². The second-order valence-electron chi connectivity index (χ2n) is 3.79. The van der Waals surface area contributed by atoms with E-state index in [1.807, 2.05) is 12.4 Å². The molecule has 0 aromatic carbocycles. The average Bonchev–Trinajstić information content (AvgIpc) is 2.47. The Hall–Kier alpha value is -0.650. The maximum atomic E-state index is 4.57. The Bertz CT molecular complexity index is 448. The summed E-state index contributed by atoms with van der Waals surface area (Å²) >= 11 is 2.27. The van der Waals surface area contributed by atoms with E-state index in [0.29, 0.717) is 5.92 Å². The first-order chi connectivity index (χ1) is 6.66. The van der Waals surface area contributed by atoms with E-state index in [1.54, 1.807) is 0 Å². The van der Waals surface area contributed by atoms with Crippen LogP contribution in [-0.4, -0.2) is 15.0 Å². The zero-order chi connectivity index (χ0) is 10.1. The molecule has 0 saturated heterocycles. The quantitative estimate of drug-likeness (QED) is 0.867. The lowest BCUT2D eigenvalue weighted by atomic mass is 10.1. The van der Waals surface area contributed by atoms with Crippen LogP contribution in [0, 0.1) is 9.49 Å². The number of nitrogens with zero attached hydrogens (tertiary/aromatic N) is 2. The van der Waals surface area contributed by atoms with E-state index in [9.17, 15) is 0 Å². The summed E-state index contributed by atoms with van der Waals surface area (Å²) in [5, 5.41) is 0. The molecule has 0 amide bonds. The number of hydrogen-bond acceptors (Lipinski definition) is 2. The van der Waals surface area contributed by atoms with Gasteiger partial charge in [-0.25, -0.2) is 9.97 Å². The van der Waals surface area contributed by atoms with Gasteiger partial charge in [0.2, 0.25) is 0 Å². The topological polar surface area (TPSA) is 41.6 Å². The third kappa shape index (κ3) is 1.89. The predicted molar refractivity (Wildman–Crippen MR) is 65.1 cm³/mol. The van der Waals surface area contributed by atoms with Crippen LogP contribution in [-0.2, 0) is 6.42 Å². The fourth-order valence-corrected chi connectivity index (χ4v) is 1.95. The molecule has 0 saturated carbocycles. The zero-order valence-corrected chi connectivity index (χ0v) is 10.4. The third-order valence-electron chi connectivity index (χ3n) is 2.00. The molecule has 0 radical (unpaired) electrons. The lowest BCUT2D eigenvalue weighted by Crippen LogP contribution is -1.98. The van der Waals surface area contributed by atoms with E-state index in [0.717, 1.165) is 26.8 Å². The van der Waals surface area contributed by atoms with E-state index in [2.05, 4.69) is 51.4 Å². The van der Waals surface area contributed by atoms with Gasteiger partial charge in [-0.15, -0.1) is 0 Å². The number of hydrogen-bond donors (Lipinski definition) is 1. The lowest BCUT2D eigenvalue weighted by Gasteiger charge is -2.02. The molecule has 4 heteroatoms. The Morgan fingerprint density at radius 1 is 1.50 bits per heavy atom. The standard InChI is InChI=1S/C10H12IN3/c1-6(2)3-7-4-12-10-9(14-7)8(11)5-13-10/h4-6H,3H2,1-2H3,(H,12,13). The second-order valence-corrected chi connectivity index (χ2v) is 4.96. The Morgan fingerprint density at radius 3 is 3.00 bits per heavy atom. The van der Waals surface area contributed by atoms with Crippen LogP contribution in [0.5, 0.6) is 0 Å². The van der Waals surface area contributed by atoms with Crippen LogP contribution < -0.4 is 0 Å². The van der Waals surface area contributed by atoms with Crippen molar-refractivity contribution in [1.82, 2.24) is 15.0 Å². The van der Waals surface area contributed by atoms with Gasteiger partial charge in [-0.05, 0) is 34.9 Å². The first-order valence-electron chi connectivity index (χ1n) is 4.65. The molecule has 74 valence electrons. The Balaban J connectivity index is 2.44. The van der Waals surface area contributed by atoms with Gasteiger partial charge >= 0.3 is 0 Å². The summed E-state index contributed by atoms with van der Waals surface area (Å²) in [5.74, 6) is 0.623. The second kappa shape index (κ2) is 3.84. The van der Waals surface area contributed by atoms with Gasteiger partial charge in [-0.3, -0.25) is 0 Å². The van der Waals surface area contributed by atoms with Crippen molar-refractivity contribution >= 4 is 33.8 Å². The summed E-state index contributed by atoms with van der Waals surface area (Å²) in [7, 11) is 0. The SMILES string of the molecule is CC(C)Cc1cnc2[nH]cc(I)c2n1. The van der Waals surface area contributed by atoms with Crippen molar-refractivity contribution in [2.75, 3.05) is 0 Å². The van der Waals surface area contributed by atoms with Gasteiger partial charge in [0.1, 0.15) is 5.52 Å². The van der Waals surface area contributed by atoms with E-state index < -0.39 is 0 Å². The van der Waals surface area contributed by atoms with Gasteiger partial charge in [-0.1, -0.05) is 13.8 Å². The lowest BCUT2D eigenvalue weighted by molar-refractivity contribution is 0.635. The summed E-state index contributed by atoms with van der Waals surface area (Å²) < 4.78 is 1.13. The number of aromatic amines is 1. The van der Waals surface area contributed by atoms with Crippen LogP contribution in [0.2, 0.25) is 0 Å². The highest BCUT2D eigenvalue weighted by atomic mass is 127. The highest BCUT2D eigenvalue weighted by molar-refractivity contribution is 14.1. The number of rotatable bonds is 2. The average molecular weight is 301 g/mol. The maximum absolute atomic E-state index is 4.57. The van der Waals surface area contributed by atoms with Crippen LogP contribution in [0.15, 0.2) is 12.4 Å². The van der Waals surface area contributed by atoms with Crippen molar-refractivity contribution in [3.8, 4) is 0 Å². The van der Waals surface area contributed by atoms with Gasteiger partial charge in [-0.2, -0.15) is 0 Å². The monoisotopic (exact) mass is 301 g/mol. The fourth-order valence-electron chi connectivity index (χ4n) is 1.41. The first kappa shape index (κ1) is 9.89. The number of nitrogens with one attached hydrogen (secondary N) is 1. The molecule has 0 bridgehead atoms. The summed E-state index contributed by atoms with van der Waals surface area (Å²) in [4.78, 5) is 12.0. The van der Waals surface area contributed by atoms with Crippen molar-refractivity contribution in [2.24, 2.45) is 5.92 Å². The minimum absolute atomic E-state index is 0.623. The van der Waals surface area contributed by atoms with Crippen molar-refractivity contribution in [3.63, 3.8) is 0 Å². The van der Waals surface area contributed by atoms with Gasteiger partial charge in [0, 0.05) is 6.20 Å². The fraction of sp³-hybridized carbons (Fsp3) is 0.400. The van der Waals surface area contributed by atoms with Crippen LogP contribution in [0.25, 0.3) is 11.2 Å². The van der Waals surface area contributed by atoms with Gasteiger partial charge in [0.15, 0.2) is 5.65 Å². The van der Waals surface area contributed by atoms with Crippen LogP contribution in [0.1, 0.15) is 19.5 Å². The zero-order valence-electron chi connectivity index (χ0n) is 8.21. The van der Waals surface area contributed by atoms with Crippen molar-refractivity contribution in [2.45, 2.75) is 20.3 Å². The Kier molecular flexibility index (Phi) is 2.71. The first-order valence-corrected chi connectivity index (χ1v) is 5.73. The molecule has 0 aliphatic heterocycles. The summed E-state index contributed by atoms with van der Waals surface area (Å²) in [6.45, 7) is 4.38. The number of halogens is 1. The predicted octanol–water partition coefficient (Wildman–Crippen LogP) is 2.76. The largest absolute Gasteiger partial charge is 0.344 e. The Labute approximate surface area is 96.5 Å². The van der Waals surface area contributed by atoms with E-state index in [-0.39, 0.29) is 0 Å². The van der Waals surface area contributed by atoms with E-state index in [4.69, 9.17) is 0 Å². The molecule has 14 heavy (non-hydrogen) atoms. The molecular formula is C10H12IN3. The summed E-state index contributed by atoms with van der Waals surface area (Å²) in [6.07, 6.45) is 4.78. The summed E-state index contributed by atoms with van der Waals surface area (Å²) in [5.41, 5.74) is 2.94. The third-order valence-corrected chi connectivity index (χ3v) is 2.82. The molecule has 0 aliphatic carbocycles. The number of fused-ring (bicyclic) bond motifs is 1. The van der Waals surface area contributed by atoms with Gasteiger partial charge in [0.05, 0.1) is 15.5 Å². The molecule has 0 atom stereocenters. The molecule has 2 rings (SSSR count). The number of aromatic nitrogens is 3. The Morgan fingerprint density at radius 2 is 2.29 bits per heavy atom. The molecule has 0 spiro atoms. The van der Waals surface area contributed by atoms with Gasteiger partial charge < -0.3 is 4.98 Å². The number of H-pyrrole nitrogens is 1. The van der Waals surface area contributed by atoms with E-state index >= 15 is 0 Å². The van der Waals surface area contributed by atoms with Crippen LogP contribution in [0.3, 0.4) is 0 Å². The molecule has 2 aromatic rings. The van der Waals surface area contributed by atoms with Crippen molar-refractivity contribution in [1.29, 1.82) is 0 Å². The molecule has 0 aliphatic rings. The summed E-state index contributed by atoms with van der Waals surface area (Å²) in [6, 6.07) is 0. The molecule has 0 unspecified atom stereocenters. The smallest absolute Gasteiger partial charge is 0.157 e. The highest BCUT2D eigenvalue weighted by Crippen LogP contribution is 2.16. The highest BCUT2D eigenvalue weighted by Gasteiger charge is 2.06. The maximum Gasteiger partial charge on any atom is 0.157 e. The van der Waals surface area contributed by atoms with Gasteiger partial charge in [0.25, 0.3) is 0 Å². The van der Waals surface area contributed by atoms with Crippen LogP contribution in [0.4, 0.5) is 0 Å². The molecule has 3 nitrogen and oxygen atoms in total. The normalized spacial score (nSPS) is 11.4. The van der Waals surface area contributed by atoms with Crippen molar-refractivity contribution in [3.05, 3.63) is 21.7 Å². The molecule has 1 N–H and O–H groups in total. The molecular weight excluding hydrogens is 289 g/mol. The minimum atomic E-state index is 0.623. The molecule has 0 fully saturated rings. The molecule has 2 aromatic heterocycles. The molecule has 2 heterocycles. The van der Waals surface area contributed by atoms with Crippen LogP contribution >= 0.6 is 22.6 Å².